The summed E-state index contributed by atoms with van der Waals surface area (Å²) in [6, 6.07) is 15.5. The number of halogens is 2. The molecule has 0 spiro atoms. The Bertz CT molecular complexity index is 513. The third-order valence-electron chi connectivity index (χ3n) is 3.13. The third kappa shape index (κ3) is 5.25. The standard InChI is InChI=1S/C16H16Cl2OP/c17-15-5-1-13(2-6-15)9-11-20(19)12-10-14-3-7-16(18)8-4-14/h1-8H,9-12H2/q+1. The van der Waals surface area contributed by atoms with E-state index in [2.05, 4.69) is 0 Å². The molecular formula is C16H16Cl2OP+. The summed E-state index contributed by atoms with van der Waals surface area (Å²) in [5, 5.41) is 1.47. The normalized spacial score (nSPS) is 10.5. The van der Waals surface area contributed by atoms with Gasteiger partial charge in [0.05, 0.1) is 0 Å². The van der Waals surface area contributed by atoms with Crippen LogP contribution in [-0.2, 0) is 17.4 Å². The minimum atomic E-state index is -1.16. The lowest BCUT2D eigenvalue weighted by atomic mass is 10.2. The first-order chi connectivity index (χ1) is 9.63. The number of hydrogen-bond donors (Lipinski definition) is 0. The van der Waals surface area contributed by atoms with Crippen LogP contribution in [0.1, 0.15) is 11.1 Å². The molecule has 0 saturated carbocycles. The van der Waals surface area contributed by atoms with Crippen molar-refractivity contribution >= 4 is 31.0 Å². The molecule has 4 heteroatoms. The number of aryl methyl sites for hydroxylation is 2. The molecule has 0 N–H and O–H groups in total. The smallest absolute Gasteiger partial charge is 0.0843 e. The molecule has 2 aromatic rings. The number of rotatable bonds is 6. The molecule has 104 valence electrons. The van der Waals surface area contributed by atoms with Gasteiger partial charge in [-0.1, -0.05) is 52.0 Å². The average Bonchev–Trinajstić information content (AvgIpc) is 2.46. The van der Waals surface area contributed by atoms with Gasteiger partial charge in [0.15, 0.2) is 0 Å². The molecule has 0 fully saturated rings. The minimum absolute atomic E-state index is 0.727. The Morgan fingerprint density at radius 2 is 1.05 bits per heavy atom. The molecule has 2 rings (SSSR count). The third-order valence-corrected chi connectivity index (χ3v) is 5.08. The second-order valence-corrected chi connectivity index (χ2v) is 7.41. The summed E-state index contributed by atoms with van der Waals surface area (Å²) in [7, 11) is -1.16. The molecule has 0 aliphatic heterocycles. The van der Waals surface area contributed by atoms with Crippen LogP contribution < -0.4 is 0 Å². The molecule has 0 atom stereocenters. The second kappa shape index (κ2) is 7.78. The van der Waals surface area contributed by atoms with Gasteiger partial charge in [0.2, 0.25) is 0 Å². The van der Waals surface area contributed by atoms with Crippen molar-refractivity contribution in [3.05, 3.63) is 69.7 Å². The molecule has 0 radical (unpaired) electrons. The highest BCUT2D eigenvalue weighted by atomic mass is 35.5. The van der Waals surface area contributed by atoms with Crippen LogP contribution in [0.5, 0.6) is 0 Å². The Balaban J connectivity index is 1.75. The quantitative estimate of drug-likeness (QED) is 0.631. The average molecular weight is 326 g/mol. The number of benzene rings is 2. The van der Waals surface area contributed by atoms with Crippen LogP contribution >= 0.6 is 31.0 Å². The molecule has 0 aliphatic rings. The van der Waals surface area contributed by atoms with Gasteiger partial charge in [-0.2, -0.15) is 0 Å². The van der Waals surface area contributed by atoms with Crippen molar-refractivity contribution in [2.45, 2.75) is 12.8 Å². The highest BCUT2D eigenvalue weighted by Gasteiger charge is 2.14. The van der Waals surface area contributed by atoms with Gasteiger partial charge in [-0.3, -0.25) is 0 Å². The van der Waals surface area contributed by atoms with Gasteiger partial charge < -0.3 is 0 Å². The zero-order valence-corrected chi connectivity index (χ0v) is 13.5. The van der Waals surface area contributed by atoms with Gasteiger partial charge in [-0.25, -0.2) is 0 Å². The first-order valence-electron chi connectivity index (χ1n) is 6.54. The van der Waals surface area contributed by atoms with E-state index in [0.29, 0.717) is 0 Å². The fourth-order valence-electron chi connectivity index (χ4n) is 1.92. The van der Waals surface area contributed by atoms with Crippen LogP contribution in [0.4, 0.5) is 0 Å². The van der Waals surface area contributed by atoms with Gasteiger partial charge in [0.25, 0.3) is 0 Å². The maximum Gasteiger partial charge on any atom is 0.339 e. The maximum atomic E-state index is 12.0. The van der Waals surface area contributed by atoms with Crippen LogP contribution in [0.25, 0.3) is 0 Å². The van der Waals surface area contributed by atoms with E-state index in [1.165, 1.54) is 11.1 Å². The van der Waals surface area contributed by atoms with E-state index in [-0.39, 0.29) is 0 Å². The second-order valence-electron chi connectivity index (χ2n) is 4.68. The molecule has 0 amide bonds. The predicted octanol–water partition coefficient (Wildman–Crippen LogP) is 5.61. The molecular weight excluding hydrogens is 310 g/mol. The van der Waals surface area contributed by atoms with E-state index in [9.17, 15) is 4.57 Å². The predicted molar refractivity (Wildman–Crippen MR) is 87.7 cm³/mol. The Labute approximate surface area is 130 Å². The molecule has 20 heavy (non-hydrogen) atoms. The van der Waals surface area contributed by atoms with Crippen molar-refractivity contribution in [1.29, 1.82) is 0 Å². The Kier molecular flexibility index (Phi) is 6.04. The summed E-state index contributed by atoms with van der Waals surface area (Å²) in [4.78, 5) is 0. The topological polar surface area (TPSA) is 17.1 Å². The summed E-state index contributed by atoms with van der Waals surface area (Å²) in [6.07, 6.45) is 3.13. The molecule has 0 bridgehead atoms. The molecule has 2 aromatic carbocycles. The molecule has 0 aliphatic carbocycles. The van der Waals surface area contributed by atoms with Crippen LogP contribution in [0.2, 0.25) is 10.0 Å². The van der Waals surface area contributed by atoms with Crippen molar-refractivity contribution < 1.29 is 4.57 Å². The first kappa shape index (κ1) is 15.5. The van der Waals surface area contributed by atoms with E-state index in [1.54, 1.807) is 0 Å². The van der Waals surface area contributed by atoms with Crippen molar-refractivity contribution in [2.24, 2.45) is 0 Å². The van der Waals surface area contributed by atoms with Crippen LogP contribution in [-0.4, -0.2) is 12.3 Å². The SMILES string of the molecule is O=[P+](CCc1ccc(Cl)cc1)CCc1ccc(Cl)cc1. The van der Waals surface area contributed by atoms with E-state index in [4.69, 9.17) is 23.2 Å². The number of hydrogen-bond acceptors (Lipinski definition) is 1. The summed E-state index contributed by atoms with van der Waals surface area (Å²) in [5.41, 5.74) is 2.37. The monoisotopic (exact) mass is 325 g/mol. The molecule has 0 unspecified atom stereocenters. The summed E-state index contributed by atoms with van der Waals surface area (Å²) < 4.78 is 12.0. The molecule has 0 aromatic heterocycles. The van der Waals surface area contributed by atoms with E-state index in [0.717, 1.165) is 35.2 Å². The van der Waals surface area contributed by atoms with Gasteiger partial charge in [0, 0.05) is 22.9 Å². The Morgan fingerprint density at radius 1 is 0.700 bits per heavy atom. The van der Waals surface area contributed by atoms with Crippen molar-refractivity contribution in [3.8, 4) is 0 Å². The van der Waals surface area contributed by atoms with Gasteiger partial charge in [0.1, 0.15) is 12.3 Å². The van der Waals surface area contributed by atoms with E-state index >= 15 is 0 Å². The lowest BCUT2D eigenvalue weighted by molar-refractivity contribution is 0.587. The fourth-order valence-corrected chi connectivity index (χ4v) is 3.41. The van der Waals surface area contributed by atoms with E-state index < -0.39 is 7.80 Å². The lowest BCUT2D eigenvalue weighted by Crippen LogP contribution is -1.93. The minimum Gasteiger partial charge on any atom is -0.0843 e. The zero-order valence-electron chi connectivity index (χ0n) is 11.1. The first-order valence-corrected chi connectivity index (χ1v) is 8.93. The van der Waals surface area contributed by atoms with E-state index in [1.807, 2.05) is 48.5 Å². The Hall–Kier alpha value is -0.880. The van der Waals surface area contributed by atoms with Gasteiger partial charge in [-0.15, -0.1) is 0 Å². The van der Waals surface area contributed by atoms with Crippen molar-refractivity contribution in [1.82, 2.24) is 0 Å². The zero-order chi connectivity index (χ0) is 14.4. The molecule has 1 nitrogen and oxygen atoms in total. The Morgan fingerprint density at radius 3 is 1.40 bits per heavy atom. The molecule has 0 heterocycles. The van der Waals surface area contributed by atoms with Crippen molar-refractivity contribution in [2.75, 3.05) is 12.3 Å². The largest absolute Gasteiger partial charge is 0.339 e. The highest BCUT2D eigenvalue weighted by molar-refractivity contribution is 7.44. The van der Waals surface area contributed by atoms with Gasteiger partial charge >= 0.3 is 7.80 Å². The van der Waals surface area contributed by atoms with Crippen molar-refractivity contribution in [3.63, 3.8) is 0 Å². The van der Waals surface area contributed by atoms with Crippen LogP contribution in [0.3, 0.4) is 0 Å². The lowest BCUT2D eigenvalue weighted by Gasteiger charge is -1.98. The van der Waals surface area contributed by atoms with Crippen LogP contribution in [0.15, 0.2) is 48.5 Å². The summed E-state index contributed by atoms with van der Waals surface area (Å²) in [6.45, 7) is 0. The van der Waals surface area contributed by atoms with Gasteiger partial charge in [-0.05, 0) is 35.4 Å². The fraction of sp³-hybridized carbons (Fsp3) is 0.250. The molecule has 0 saturated heterocycles. The summed E-state index contributed by atoms with van der Waals surface area (Å²) >= 11 is 11.7. The summed E-state index contributed by atoms with van der Waals surface area (Å²) in [5.74, 6) is 0. The highest BCUT2D eigenvalue weighted by Crippen LogP contribution is 2.24. The maximum absolute atomic E-state index is 12.0. The van der Waals surface area contributed by atoms with Crippen LogP contribution in [0, 0.1) is 0 Å².